The summed E-state index contributed by atoms with van der Waals surface area (Å²) in [5.41, 5.74) is 1.55. The van der Waals surface area contributed by atoms with Crippen LogP contribution in [0.4, 0.5) is 0 Å². The van der Waals surface area contributed by atoms with Crippen molar-refractivity contribution in [2.24, 2.45) is 29.6 Å². The first-order valence-corrected chi connectivity index (χ1v) is 9.07. The van der Waals surface area contributed by atoms with Gasteiger partial charge < -0.3 is 9.84 Å². The Bertz CT molecular complexity index is 395. The average Bonchev–Trinajstić information content (AvgIpc) is 2.93. The molecule has 0 spiro atoms. The van der Waals surface area contributed by atoms with Crippen molar-refractivity contribution in [3.05, 3.63) is 23.8 Å². The summed E-state index contributed by atoms with van der Waals surface area (Å²) in [7, 11) is 0. The van der Waals surface area contributed by atoms with Gasteiger partial charge in [-0.05, 0) is 49.4 Å². The topological polar surface area (TPSA) is 29.5 Å². The minimum atomic E-state index is -0.128. The van der Waals surface area contributed by atoms with E-state index < -0.39 is 0 Å². The third-order valence-electron chi connectivity index (χ3n) is 5.02. The molecule has 2 fully saturated rings. The van der Waals surface area contributed by atoms with Crippen LogP contribution in [0.3, 0.4) is 0 Å². The monoisotopic (exact) mass is 306 g/mol. The van der Waals surface area contributed by atoms with Crippen molar-refractivity contribution in [2.45, 2.75) is 59.5 Å². The van der Waals surface area contributed by atoms with Gasteiger partial charge in [0.05, 0.1) is 12.7 Å². The van der Waals surface area contributed by atoms with Crippen LogP contribution < -0.4 is 0 Å². The van der Waals surface area contributed by atoms with E-state index in [-0.39, 0.29) is 6.10 Å². The lowest BCUT2D eigenvalue weighted by Gasteiger charge is -2.17. The Morgan fingerprint density at radius 2 is 1.95 bits per heavy atom. The molecule has 4 atom stereocenters. The van der Waals surface area contributed by atoms with Crippen LogP contribution in [0.15, 0.2) is 23.8 Å². The molecule has 0 radical (unpaired) electrons. The lowest BCUT2D eigenvalue weighted by Crippen LogP contribution is -2.16. The first kappa shape index (κ1) is 17.7. The van der Waals surface area contributed by atoms with Crippen LogP contribution in [0, 0.1) is 29.6 Å². The smallest absolute Gasteiger partial charge is 0.0650 e. The van der Waals surface area contributed by atoms with E-state index in [4.69, 9.17) is 4.74 Å². The molecule has 2 rings (SSSR count). The molecular weight excluding hydrogens is 272 g/mol. The van der Waals surface area contributed by atoms with Crippen LogP contribution in [-0.4, -0.2) is 24.4 Å². The second-order valence-corrected chi connectivity index (χ2v) is 8.06. The van der Waals surface area contributed by atoms with Crippen molar-refractivity contribution in [2.75, 3.05) is 13.2 Å². The van der Waals surface area contributed by atoms with Gasteiger partial charge in [0.2, 0.25) is 0 Å². The van der Waals surface area contributed by atoms with Gasteiger partial charge in [0.1, 0.15) is 0 Å². The highest BCUT2D eigenvalue weighted by Crippen LogP contribution is 2.50. The van der Waals surface area contributed by atoms with Crippen LogP contribution >= 0.6 is 0 Å². The van der Waals surface area contributed by atoms with Crippen LogP contribution in [0.2, 0.25) is 0 Å². The normalized spacial score (nSPS) is 33.7. The molecule has 0 aromatic heterocycles. The molecule has 2 saturated carbocycles. The number of ether oxygens (including phenoxy) is 1. The van der Waals surface area contributed by atoms with Crippen LogP contribution in [0.5, 0.6) is 0 Å². The van der Waals surface area contributed by atoms with E-state index in [1.165, 1.54) is 6.42 Å². The summed E-state index contributed by atoms with van der Waals surface area (Å²) in [5, 5.41) is 10.3. The van der Waals surface area contributed by atoms with E-state index in [2.05, 4.69) is 45.9 Å². The Balaban J connectivity index is 1.85. The number of fused-ring (bicyclic) bond motifs is 1. The largest absolute Gasteiger partial charge is 0.392 e. The molecule has 22 heavy (non-hydrogen) atoms. The number of allylic oxidation sites excluding steroid dienone is 2. The summed E-state index contributed by atoms with van der Waals surface area (Å²) in [5.74, 6) is 3.00. The Morgan fingerprint density at radius 1 is 1.18 bits per heavy atom. The van der Waals surface area contributed by atoms with E-state index in [0.717, 1.165) is 32.5 Å². The van der Waals surface area contributed by atoms with Gasteiger partial charge in [-0.3, -0.25) is 0 Å². The summed E-state index contributed by atoms with van der Waals surface area (Å²) < 4.78 is 5.68. The fourth-order valence-electron chi connectivity index (χ4n) is 3.93. The van der Waals surface area contributed by atoms with Gasteiger partial charge in [0.25, 0.3) is 0 Å². The molecule has 2 aliphatic rings. The summed E-state index contributed by atoms with van der Waals surface area (Å²) >= 11 is 0. The van der Waals surface area contributed by atoms with Gasteiger partial charge in [-0.1, -0.05) is 51.5 Å². The zero-order chi connectivity index (χ0) is 16.1. The lowest BCUT2D eigenvalue weighted by molar-refractivity contribution is 0.133. The van der Waals surface area contributed by atoms with E-state index >= 15 is 0 Å². The van der Waals surface area contributed by atoms with E-state index in [0.29, 0.717) is 29.6 Å². The molecule has 0 amide bonds. The fourth-order valence-corrected chi connectivity index (χ4v) is 3.93. The van der Waals surface area contributed by atoms with Gasteiger partial charge in [0.15, 0.2) is 0 Å². The van der Waals surface area contributed by atoms with E-state index in [1.807, 2.05) is 0 Å². The van der Waals surface area contributed by atoms with Crippen LogP contribution in [0.1, 0.15) is 53.4 Å². The standard InChI is InChI=1S/C20H34O2/c1-14(2)6-5-7-18-19-11-16(8-9-22-13-15(3)4)10-17(19)12-20(18)21/h5,7-8,14-15,17-21H,6,9-13H2,1-4H3/b7-5+,16-8+/t17-,18+,19-,20+/m0/s1. The summed E-state index contributed by atoms with van der Waals surface area (Å²) in [6.07, 6.45) is 11.2. The first-order chi connectivity index (χ1) is 10.5. The van der Waals surface area contributed by atoms with E-state index in [9.17, 15) is 5.11 Å². The van der Waals surface area contributed by atoms with Gasteiger partial charge in [-0.15, -0.1) is 0 Å². The Hall–Kier alpha value is -0.600. The maximum atomic E-state index is 10.3. The highest BCUT2D eigenvalue weighted by molar-refractivity contribution is 5.17. The summed E-state index contributed by atoms with van der Waals surface area (Å²) in [4.78, 5) is 0. The van der Waals surface area contributed by atoms with Gasteiger partial charge in [-0.25, -0.2) is 0 Å². The Labute approximate surface area is 136 Å². The molecule has 0 heterocycles. The number of hydrogen-bond acceptors (Lipinski definition) is 2. The number of aliphatic hydroxyl groups is 1. The molecular formula is C20H34O2. The highest BCUT2D eigenvalue weighted by atomic mass is 16.5. The third kappa shape index (κ3) is 4.96. The first-order valence-electron chi connectivity index (χ1n) is 9.07. The maximum Gasteiger partial charge on any atom is 0.0650 e. The predicted octanol–water partition coefficient (Wildman–Crippen LogP) is 4.59. The molecule has 0 unspecified atom stereocenters. The average molecular weight is 306 g/mol. The van der Waals surface area contributed by atoms with Crippen molar-refractivity contribution in [3.8, 4) is 0 Å². The maximum absolute atomic E-state index is 10.3. The van der Waals surface area contributed by atoms with Crippen LogP contribution in [-0.2, 0) is 4.74 Å². The minimum Gasteiger partial charge on any atom is -0.392 e. The molecule has 0 aromatic rings. The predicted molar refractivity (Wildman–Crippen MR) is 92.7 cm³/mol. The van der Waals surface area contributed by atoms with Gasteiger partial charge in [-0.2, -0.15) is 0 Å². The highest BCUT2D eigenvalue weighted by Gasteiger charge is 2.44. The zero-order valence-electron chi connectivity index (χ0n) is 14.8. The lowest BCUT2D eigenvalue weighted by atomic mass is 9.90. The molecule has 0 aliphatic heterocycles. The van der Waals surface area contributed by atoms with Crippen molar-refractivity contribution in [3.63, 3.8) is 0 Å². The van der Waals surface area contributed by atoms with Crippen molar-refractivity contribution >= 4 is 0 Å². The third-order valence-corrected chi connectivity index (χ3v) is 5.02. The molecule has 2 heteroatoms. The summed E-state index contributed by atoms with van der Waals surface area (Å²) in [6, 6.07) is 0. The Kier molecular flexibility index (Phi) is 6.70. The SMILES string of the molecule is CC(C)C/C=C/[C@@H]1[C@H]2C/C(=C/COCC(C)C)C[C@H]2C[C@H]1O. The molecule has 1 N–H and O–H groups in total. The minimum absolute atomic E-state index is 0.128. The van der Waals surface area contributed by atoms with Crippen LogP contribution in [0.25, 0.3) is 0 Å². The molecule has 2 nitrogen and oxygen atoms in total. The number of rotatable bonds is 7. The molecule has 126 valence electrons. The molecule has 2 aliphatic carbocycles. The van der Waals surface area contributed by atoms with Crippen molar-refractivity contribution in [1.82, 2.24) is 0 Å². The quantitative estimate of drug-likeness (QED) is 0.550. The fraction of sp³-hybridized carbons (Fsp3) is 0.800. The second kappa shape index (κ2) is 8.31. The molecule has 0 aromatic carbocycles. The number of aliphatic hydroxyl groups excluding tert-OH is 1. The van der Waals surface area contributed by atoms with Crippen molar-refractivity contribution in [1.29, 1.82) is 0 Å². The molecule has 0 saturated heterocycles. The molecule has 0 bridgehead atoms. The van der Waals surface area contributed by atoms with Gasteiger partial charge in [0, 0.05) is 12.5 Å². The van der Waals surface area contributed by atoms with E-state index in [1.54, 1.807) is 5.57 Å². The summed E-state index contributed by atoms with van der Waals surface area (Å²) in [6.45, 7) is 10.4. The number of hydrogen-bond donors (Lipinski definition) is 1. The zero-order valence-corrected chi connectivity index (χ0v) is 14.8. The van der Waals surface area contributed by atoms with Crippen molar-refractivity contribution < 1.29 is 9.84 Å². The Morgan fingerprint density at radius 3 is 2.64 bits per heavy atom. The van der Waals surface area contributed by atoms with Gasteiger partial charge >= 0.3 is 0 Å². The second-order valence-electron chi connectivity index (χ2n) is 8.06.